The van der Waals surface area contributed by atoms with Crippen molar-refractivity contribution in [3.05, 3.63) is 53.1 Å². The van der Waals surface area contributed by atoms with Crippen LogP contribution in [-0.4, -0.2) is 15.9 Å². The van der Waals surface area contributed by atoms with E-state index in [0.717, 1.165) is 11.3 Å². The molecule has 0 aliphatic rings. The largest absolute Gasteiger partial charge is 0.322 e. The highest BCUT2D eigenvalue weighted by molar-refractivity contribution is 6.29. The number of rotatable bonds is 2. The molecule has 0 saturated heterocycles. The molecule has 1 amide bonds. The first-order chi connectivity index (χ1) is 8.16. The molecule has 5 heteroatoms. The fourth-order valence-corrected chi connectivity index (χ4v) is 1.43. The Morgan fingerprint density at radius 3 is 2.76 bits per heavy atom. The van der Waals surface area contributed by atoms with Crippen molar-refractivity contribution in [1.29, 1.82) is 0 Å². The monoisotopic (exact) mass is 247 g/mol. The van der Waals surface area contributed by atoms with E-state index in [1.165, 1.54) is 6.20 Å². The van der Waals surface area contributed by atoms with Crippen LogP contribution in [0.5, 0.6) is 0 Å². The standard InChI is InChI=1S/C12H10ClN3O/c1-8-6-14-5-4-10(8)16-12(17)9-2-3-11(13)15-7-9/h2-7H,1H3,(H,14,16,17). The van der Waals surface area contributed by atoms with Crippen molar-refractivity contribution in [2.45, 2.75) is 6.92 Å². The lowest BCUT2D eigenvalue weighted by Crippen LogP contribution is -2.13. The van der Waals surface area contributed by atoms with Crippen molar-refractivity contribution in [3.63, 3.8) is 0 Å². The summed E-state index contributed by atoms with van der Waals surface area (Å²) in [5.41, 5.74) is 2.10. The highest BCUT2D eigenvalue weighted by Crippen LogP contribution is 2.13. The lowest BCUT2D eigenvalue weighted by Gasteiger charge is -2.07. The van der Waals surface area contributed by atoms with Crippen LogP contribution in [0.2, 0.25) is 5.15 Å². The normalized spacial score (nSPS) is 10.0. The molecule has 0 spiro atoms. The number of carbonyl (C=O) groups is 1. The number of hydrogen-bond donors (Lipinski definition) is 1. The van der Waals surface area contributed by atoms with Crippen LogP contribution in [-0.2, 0) is 0 Å². The minimum Gasteiger partial charge on any atom is -0.322 e. The van der Waals surface area contributed by atoms with Crippen molar-refractivity contribution in [3.8, 4) is 0 Å². The number of pyridine rings is 2. The van der Waals surface area contributed by atoms with Crippen LogP contribution >= 0.6 is 11.6 Å². The fraction of sp³-hybridized carbons (Fsp3) is 0.0833. The smallest absolute Gasteiger partial charge is 0.257 e. The maximum atomic E-state index is 11.9. The predicted molar refractivity (Wildman–Crippen MR) is 66.2 cm³/mol. The van der Waals surface area contributed by atoms with Crippen molar-refractivity contribution in [2.24, 2.45) is 0 Å². The summed E-state index contributed by atoms with van der Waals surface area (Å²) in [7, 11) is 0. The maximum Gasteiger partial charge on any atom is 0.257 e. The maximum absolute atomic E-state index is 11.9. The van der Waals surface area contributed by atoms with Crippen molar-refractivity contribution in [2.75, 3.05) is 5.32 Å². The van der Waals surface area contributed by atoms with Crippen LogP contribution in [0.25, 0.3) is 0 Å². The number of aromatic nitrogens is 2. The predicted octanol–water partition coefficient (Wildman–Crippen LogP) is 2.69. The van der Waals surface area contributed by atoms with E-state index in [9.17, 15) is 4.79 Å². The Kier molecular flexibility index (Phi) is 3.35. The van der Waals surface area contributed by atoms with Crippen LogP contribution in [0.4, 0.5) is 5.69 Å². The molecule has 0 saturated carbocycles. The van der Waals surface area contributed by atoms with E-state index in [2.05, 4.69) is 15.3 Å². The highest BCUT2D eigenvalue weighted by Gasteiger charge is 2.07. The molecule has 4 nitrogen and oxygen atoms in total. The molecular formula is C12H10ClN3O. The van der Waals surface area contributed by atoms with Gasteiger partial charge < -0.3 is 5.32 Å². The Balaban J connectivity index is 2.17. The molecule has 2 aromatic rings. The first-order valence-electron chi connectivity index (χ1n) is 5.00. The van der Waals surface area contributed by atoms with Crippen LogP contribution in [0.1, 0.15) is 15.9 Å². The molecule has 2 heterocycles. The van der Waals surface area contributed by atoms with Gasteiger partial charge in [-0.1, -0.05) is 11.6 Å². The third-order valence-electron chi connectivity index (χ3n) is 2.26. The summed E-state index contributed by atoms with van der Waals surface area (Å²) in [6.07, 6.45) is 4.76. The summed E-state index contributed by atoms with van der Waals surface area (Å²) < 4.78 is 0. The molecule has 2 aromatic heterocycles. The van der Waals surface area contributed by atoms with E-state index in [4.69, 9.17) is 11.6 Å². The zero-order valence-corrected chi connectivity index (χ0v) is 9.90. The molecule has 86 valence electrons. The summed E-state index contributed by atoms with van der Waals surface area (Å²) in [5.74, 6) is -0.219. The van der Waals surface area contributed by atoms with Gasteiger partial charge in [0.15, 0.2) is 0 Å². The zero-order valence-electron chi connectivity index (χ0n) is 9.14. The molecule has 0 aromatic carbocycles. The van der Waals surface area contributed by atoms with Gasteiger partial charge in [-0.2, -0.15) is 0 Å². The second kappa shape index (κ2) is 4.93. The summed E-state index contributed by atoms with van der Waals surface area (Å²) in [6, 6.07) is 4.95. The number of hydrogen-bond acceptors (Lipinski definition) is 3. The highest BCUT2D eigenvalue weighted by atomic mass is 35.5. The van der Waals surface area contributed by atoms with E-state index in [-0.39, 0.29) is 5.91 Å². The number of nitrogens with one attached hydrogen (secondary N) is 1. The Hall–Kier alpha value is -1.94. The van der Waals surface area contributed by atoms with E-state index in [1.54, 1.807) is 30.6 Å². The van der Waals surface area contributed by atoms with Crippen LogP contribution in [0.15, 0.2) is 36.8 Å². The van der Waals surface area contributed by atoms with Gasteiger partial charge in [0.25, 0.3) is 5.91 Å². The van der Waals surface area contributed by atoms with Gasteiger partial charge in [-0.15, -0.1) is 0 Å². The zero-order chi connectivity index (χ0) is 12.3. The van der Waals surface area contributed by atoms with E-state index >= 15 is 0 Å². The molecule has 0 bridgehead atoms. The van der Waals surface area contributed by atoms with E-state index in [0.29, 0.717) is 10.7 Å². The second-order valence-electron chi connectivity index (χ2n) is 3.51. The first kappa shape index (κ1) is 11.5. The summed E-state index contributed by atoms with van der Waals surface area (Å²) in [6.45, 7) is 1.88. The summed E-state index contributed by atoms with van der Waals surface area (Å²) >= 11 is 5.65. The molecule has 1 N–H and O–H groups in total. The minimum absolute atomic E-state index is 0.219. The molecule has 0 radical (unpaired) electrons. The topological polar surface area (TPSA) is 54.9 Å². The molecule has 0 fully saturated rings. The van der Waals surface area contributed by atoms with Crippen molar-refractivity contribution >= 4 is 23.2 Å². The van der Waals surface area contributed by atoms with Gasteiger partial charge in [-0.25, -0.2) is 4.98 Å². The van der Waals surface area contributed by atoms with Gasteiger partial charge in [0.05, 0.1) is 5.56 Å². The molecular weight excluding hydrogens is 238 g/mol. The number of halogens is 1. The van der Waals surface area contributed by atoms with E-state index < -0.39 is 0 Å². The van der Waals surface area contributed by atoms with Crippen molar-refractivity contribution in [1.82, 2.24) is 9.97 Å². The molecule has 0 unspecified atom stereocenters. The van der Waals surface area contributed by atoms with Crippen LogP contribution in [0, 0.1) is 6.92 Å². The average Bonchev–Trinajstić information content (AvgIpc) is 2.33. The summed E-state index contributed by atoms with van der Waals surface area (Å²) in [4.78, 5) is 19.7. The van der Waals surface area contributed by atoms with Gasteiger partial charge in [0.2, 0.25) is 0 Å². The molecule has 0 atom stereocenters. The molecule has 0 aliphatic heterocycles. The quantitative estimate of drug-likeness (QED) is 0.830. The first-order valence-corrected chi connectivity index (χ1v) is 5.38. The molecule has 2 rings (SSSR count). The van der Waals surface area contributed by atoms with E-state index in [1.807, 2.05) is 6.92 Å². The van der Waals surface area contributed by atoms with Gasteiger partial charge in [-0.3, -0.25) is 9.78 Å². The van der Waals surface area contributed by atoms with Gasteiger partial charge >= 0.3 is 0 Å². The fourth-order valence-electron chi connectivity index (χ4n) is 1.32. The van der Waals surface area contributed by atoms with Crippen molar-refractivity contribution < 1.29 is 4.79 Å². The SMILES string of the molecule is Cc1cnccc1NC(=O)c1ccc(Cl)nc1. The lowest BCUT2D eigenvalue weighted by molar-refractivity contribution is 0.102. The number of aryl methyl sites for hydroxylation is 1. The Labute approximate surface area is 104 Å². The molecule has 17 heavy (non-hydrogen) atoms. The Morgan fingerprint density at radius 1 is 1.29 bits per heavy atom. The molecule has 0 aliphatic carbocycles. The number of amides is 1. The lowest BCUT2D eigenvalue weighted by atomic mass is 10.2. The Bertz CT molecular complexity index is 540. The second-order valence-corrected chi connectivity index (χ2v) is 3.90. The number of nitrogens with zero attached hydrogens (tertiary/aromatic N) is 2. The van der Waals surface area contributed by atoms with Crippen LogP contribution in [0.3, 0.4) is 0 Å². The number of anilines is 1. The number of carbonyl (C=O) groups excluding carboxylic acids is 1. The Morgan fingerprint density at radius 2 is 2.12 bits per heavy atom. The summed E-state index contributed by atoms with van der Waals surface area (Å²) in [5, 5.41) is 3.15. The third-order valence-corrected chi connectivity index (χ3v) is 2.48. The van der Waals surface area contributed by atoms with Gasteiger partial charge in [-0.05, 0) is 30.7 Å². The van der Waals surface area contributed by atoms with Crippen LogP contribution < -0.4 is 5.32 Å². The van der Waals surface area contributed by atoms with Gasteiger partial charge in [0.1, 0.15) is 5.15 Å². The minimum atomic E-state index is -0.219. The third kappa shape index (κ3) is 2.79. The average molecular weight is 248 g/mol. The van der Waals surface area contributed by atoms with Gasteiger partial charge in [0, 0.05) is 24.3 Å².